The average molecular weight is 750 g/mol. The summed E-state index contributed by atoms with van der Waals surface area (Å²) in [6, 6.07) is 52.5. The summed E-state index contributed by atoms with van der Waals surface area (Å²) in [6.45, 7) is -12.6. The van der Waals surface area contributed by atoms with Crippen LogP contribution < -0.4 is 0 Å². The van der Waals surface area contributed by atoms with E-state index in [0.29, 0.717) is 50.5 Å². The number of pyridine rings is 1. The summed E-state index contributed by atoms with van der Waals surface area (Å²) in [5.41, 5.74) is 6.24. The molecule has 9 aromatic rings. The summed E-state index contributed by atoms with van der Waals surface area (Å²) >= 11 is 0. The molecule has 9 rings (SSSR count). The largest absolute Gasteiger partial charge is 0.507 e. The molecule has 0 aliphatic carbocycles. The molecule has 0 amide bonds. The molecule has 1 N–H and O–H groups in total. The number of aromatic hydroxyl groups is 1. The molecule has 0 atom stereocenters. The Kier molecular flexibility index (Phi) is 6.25. The number of hydrogen-bond acceptors (Lipinski definition) is 3. The van der Waals surface area contributed by atoms with Gasteiger partial charge < -0.3 is 5.11 Å². The maximum absolute atomic E-state index is 11.3. The number of benzene rings is 7. The number of aryl methyl sites for hydroxylation is 1. The molecule has 7 aromatic carbocycles. The van der Waals surface area contributed by atoms with Crippen molar-refractivity contribution in [3.05, 3.63) is 193 Å². The number of phenolic OH excluding ortho intramolecular Hbond substituents is 1. The van der Waals surface area contributed by atoms with Gasteiger partial charge >= 0.3 is 0 Å². The summed E-state index contributed by atoms with van der Waals surface area (Å²) in [7, 11) is 0. The summed E-state index contributed by atoms with van der Waals surface area (Å²) in [5, 5.41) is 11.3. The highest BCUT2D eigenvalue weighted by Gasteiger charge is 2.21. The van der Waals surface area contributed by atoms with Gasteiger partial charge in [0.1, 0.15) is 11.6 Å². The fourth-order valence-corrected chi connectivity index (χ4v) is 7.38. The van der Waals surface area contributed by atoms with Crippen LogP contribution in [-0.4, -0.2) is 19.6 Å². The third-order valence-electron chi connectivity index (χ3n) is 10.2. The van der Waals surface area contributed by atoms with Crippen molar-refractivity contribution < 1.29 is 21.6 Å². The smallest absolute Gasteiger partial charge is 0.149 e. The van der Waals surface area contributed by atoms with Crippen molar-refractivity contribution in [3.63, 3.8) is 0 Å². The second kappa shape index (κ2) is 14.6. The molecule has 0 aliphatic rings. The van der Waals surface area contributed by atoms with Crippen molar-refractivity contribution in [2.75, 3.05) is 0 Å². The van der Waals surface area contributed by atoms with Gasteiger partial charge in [0.15, 0.2) is 0 Å². The van der Waals surface area contributed by atoms with Crippen molar-refractivity contribution in [1.82, 2.24) is 14.5 Å². The van der Waals surface area contributed by atoms with Gasteiger partial charge in [-0.3, -0.25) is 9.55 Å². The Labute approximate surface area is 351 Å². The fourth-order valence-electron chi connectivity index (χ4n) is 7.38. The molecule has 4 heteroatoms. The maximum atomic E-state index is 11.3. The zero-order valence-electron chi connectivity index (χ0n) is 42.6. The molecule has 0 aliphatic heterocycles. The second-order valence-corrected chi connectivity index (χ2v) is 14.0. The Morgan fingerprint density at radius 3 is 1.89 bits per heavy atom. The Hall–Kier alpha value is -7.04. The lowest BCUT2D eigenvalue weighted by atomic mass is 9.86. The summed E-state index contributed by atoms with van der Waals surface area (Å²) < 4.78 is 101. The lowest BCUT2D eigenvalue weighted by Gasteiger charge is -2.19. The van der Waals surface area contributed by atoms with E-state index in [1.54, 1.807) is 48.7 Å². The first-order valence-electron chi connectivity index (χ1n) is 24.5. The van der Waals surface area contributed by atoms with Crippen LogP contribution in [0.4, 0.5) is 0 Å². The minimum atomic E-state index is -3.39. The lowest BCUT2D eigenvalue weighted by Crippen LogP contribution is -2.10. The first kappa shape index (κ1) is 24.5. The highest BCUT2D eigenvalue weighted by Crippen LogP contribution is 2.40. The van der Waals surface area contributed by atoms with E-state index >= 15 is 0 Å². The number of nitrogens with zero attached hydrogens (tertiary/aromatic N) is 3. The van der Waals surface area contributed by atoms with Crippen molar-refractivity contribution in [2.45, 2.75) is 32.8 Å². The van der Waals surface area contributed by atoms with Gasteiger partial charge in [-0.25, -0.2) is 4.98 Å². The number of fused-ring (bicyclic) bond motifs is 1. The minimum Gasteiger partial charge on any atom is -0.507 e. The summed E-state index contributed by atoms with van der Waals surface area (Å²) in [5.74, 6) is 0.386. The number of hydrogen-bond donors (Lipinski definition) is 1. The number of imidazole rings is 1. The van der Waals surface area contributed by atoms with Crippen LogP contribution in [0.2, 0.25) is 0 Å². The molecule has 0 bridgehead atoms. The van der Waals surface area contributed by atoms with Gasteiger partial charge in [-0.2, -0.15) is 0 Å². The molecule has 57 heavy (non-hydrogen) atoms. The molecule has 0 radical (unpaired) electrons. The number of phenols is 1. The van der Waals surface area contributed by atoms with Crippen molar-refractivity contribution in [2.24, 2.45) is 0 Å². The molecule has 2 aromatic heterocycles. The van der Waals surface area contributed by atoms with Crippen LogP contribution in [0.15, 0.2) is 182 Å². The molecular weight excluding hydrogens is 695 g/mol. The first-order valence-corrected chi connectivity index (χ1v) is 18.5. The zero-order chi connectivity index (χ0) is 49.1. The topological polar surface area (TPSA) is 50.9 Å². The number of para-hydroxylation sites is 2. The Bertz CT molecular complexity index is 3300. The average Bonchev–Trinajstić information content (AvgIpc) is 3.70. The molecule has 0 saturated carbocycles. The number of rotatable bonds is 7. The Balaban J connectivity index is 1.23. The van der Waals surface area contributed by atoms with E-state index in [-0.39, 0.29) is 16.9 Å². The summed E-state index contributed by atoms with van der Waals surface area (Å²) in [6.07, 6.45) is 1.63. The molecular formula is C53H43N3O. The molecule has 0 spiro atoms. The highest BCUT2D eigenvalue weighted by molar-refractivity contribution is 5.97. The van der Waals surface area contributed by atoms with Crippen LogP contribution in [0.1, 0.15) is 48.1 Å². The van der Waals surface area contributed by atoms with E-state index in [1.807, 2.05) is 108 Å². The molecule has 0 unspecified atom stereocenters. The van der Waals surface area contributed by atoms with Crippen LogP contribution in [0.25, 0.3) is 83.9 Å². The molecule has 0 fully saturated rings. The van der Waals surface area contributed by atoms with E-state index in [0.717, 1.165) is 33.4 Å². The quantitative estimate of drug-likeness (QED) is 0.176. The van der Waals surface area contributed by atoms with Crippen molar-refractivity contribution in [1.29, 1.82) is 0 Å². The van der Waals surface area contributed by atoms with E-state index in [9.17, 15) is 5.11 Å². The predicted molar refractivity (Wildman–Crippen MR) is 237 cm³/mol. The van der Waals surface area contributed by atoms with Gasteiger partial charge in [0, 0.05) is 39.5 Å². The van der Waals surface area contributed by atoms with Gasteiger partial charge in [-0.1, -0.05) is 136 Å². The molecule has 2 heterocycles. The first-order chi connectivity index (χ1) is 32.7. The van der Waals surface area contributed by atoms with Crippen LogP contribution in [0, 0.1) is 6.85 Å². The molecule has 276 valence electrons. The number of aromatic nitrogens is 3. The fraction of sp³-hybridized carbons (Fsp3) is 0.0943. The van der Waals surface area contributed by atoms with Gasteiger partial charge in [-0.05, 0) is 123 Å². The summed E-state index contributed by atoms with van der Waals surface area (Å²) in [4.78, 5) is 10.0. The van der Waals surface area contributed by atoms with Gasteiger partial charge in [0.2, 0.25) is 0 Å². The van der Waals surface area contributed by atoms with E-state index in [1.165, 1.54) is 24.3 Å². The van der Waals surface area contributed by atoms with Crippen LogP contribution in [0.5, 0.6) is 5.75 Å². The molecule has 0 saturated heterocycles. The Morgan fingerprint density at radius 1 is 0.526 bits per heavy atom. The van der Waals surface area contributed by atoms with Crippen LogP contribution in [-0.2, 0) is 5.41 Å². The normalized spacial score (nSPS) is 15.6. The van der Waals surface area contributed by atoms with E-state index < -0.39 is 32.8 Å². The predicted octanol–water partition coefficient (Wildman–Crippen LogP) is 13.7. The van der Waals surface area contributed by atoms with Crippen molar-refractivity contribution in [3.8, 4) is 78.6 Å². The van der Waals surface area contributed by atoms with Crippen LogP contribution in [0.3, 0.4) is 0 Å². The second-order valence-electron chi connectivity index (χ2n) is 14.0. The monoisotopic (exact) mass is 749 g/mol. The highest BCUT2D eigenvalue weighted by atomic mass is 16.3. The van der Waals surface area contributed by atoms with Gasteiger partial charge in [0.05, 0.1) is 22.3 Å². The third kappa shape index (κ3) is 7.03. The SMILES string of the molecule is [2H]C([2H])([2H])c1cc(-c2ccccc2)cc(-n2c(-c3ccccc3O)nc3c(-c4cc(-c5ccccc5)cc(-c5cc(-c6ccc(C(C([2H])([2H])[2H])(C([2H])([2H])[2H])C([2H])([2H])[2H])cc6)ccn5)c4)cccc32)c1. The standard InChI is InChI=1S/C53H43N3O/c1-35-28-40(36-14-7-5-8-15-36)33-45(29-35)56-49-20-13-19-46(51(49)55-52(56)47-18-11-12-21-50(47)57)42-30-41(37-16-9-6-10-17-37)31-43(32-42)48-34-39(26-27-54-48)38-22-24-44(25-23-38)53(2,3)4/h5-34,57H,1-4H3/i1D3,2D3,3D3,4D3. The minimum absolute atomic E-state index is 0.00835. The lowest BCUT2D eigenvalue weighted by molar-refractivity contribution is 0.477. The van der Waals surface area contributed by atoms with Gasteiger partial charge in [0.25, 0.3) is 0 Å². The van der Waals surface area contributed by atoms with Crippen LogP contribution >= 0.6 is 0 Å². The maximum Gasteiger partial charge on any atom is 0.149 e. The van der Waals surface area contributed by atoms with E-state index in [2.05, 4.69) is 6.07 Å². The zero-order valence-corrected chi connectivity index (χ0v) is 30.6. The Morgan fingerprint density at radius 2 is 1.18 bits per heavy atom. The van der Waals surface area contributed by atoms with Crippen molar-refractivity contribution >= 4 is 11.0 Å². The van der Waals surface area contributed by atoms with Gasteiger partial charge in [-0.15, -0.1) is 0 Å². The van der Waals surface area contributed by atoms with E-state index in [4.69, 9.17) is 26.4 Å². The molecule has 4 nitrogen and oxygen atoms in total. The third-order valence-corrected chi connectivity index (χ3v) is 10.2.